The number of fused-ring (bicyclic) bond motifs is 2. The van der Waals surface area contributed by atoms with Crippen molar-refractivity contribution < 1.29 is 4.74 Å². The quantitative estimate of drug-likeness (QED) is 0.243. The van der Waals surface area contributed by atoms with Crippen molar-refractivity contribution in [3.8, 4) is 11.4 Å². The van der Waals surface area contributed by atoms with Crippen molar-refractivity contribution in [2.45, 2.75) is 39.6 Å². The summed E-state index contributed by atoms with van der Waals surface area (Å²) in [7, 11) is 6.06. The number of aromatic nitrogens is 5. The average Bonchev–Trinajstić information content (AvgIpc) is 3.68. The number of hydrogen-bond donors (Lipinski definition) is 0. The van der Waals surface area contributed by atoms with E-state index in [0.29, 0.717) is 43.8 Å². The van der Waals surface area contributed by atoms with Gasteiger partial charge in [-0.1, -0.05) is 32.0 Å². The molecule has 0 N–H and O–H groups in total. The first-order valence-electron chi connectivity index (χ1n) is 15.0. The van der Waals surface area contributed by atoms with Crippen LogP contribution in [0.3, 0.4) is 0 Å². The van der Waals surface area contributed by atoms with Gasteiger partial charge in [0.25, 0.3) is 5.56 Å². The van der Waals surface area contributed by atoms with Crippen LogP contribution in [0.1, 0.15) is 19.4 Å². The first-order valence-corrected chi connectivity index (χ1v) is 15.9. The molecule has 1 atom stereocenters. The van der Waals surface area contributed by atoms with Gasteiger partial charge in [-0.2, -0.15) is 5.10 Å². The highest BCUT2D eigenvalue weighted by atomic mass is 32.1. The molecule has 0 bridgehead atoms. The summed E-state index contributed by atoms with van der Waals surface area (Å²) < 4.78 is 14.2. The average molecular weight is 604 g/mol. The van der Waals surface area contributed by atoms with Gasteiger partial charge in [-0.3, -0.25) is 23.5 Å². The Labute approximate surface area is 255 Å². The van der Waals surface area contributed by atoms with E-state index in [1.807, 2.05) is 60.9 Å². The monoisotopic (exact) mass is 603 g/mol. The summed E-state index contributed by atoms with van der Waals surface area (Å²) in [6.45, 7) is 9.08. The van der Waals surface area contributed by atoms with Gasteiger partial charge in [-0.25, -0.2) is 4.79 Å². The molecule has 11 heteroatoms. The van der Waals surface area contributed by atoms with E-state index < -0.39 is 0 Å². The summed E-state index contributed by atoms with van der Waals surface area (Å²) in [5.41, 5.74) is 2.64. The van der Waals surface area contributed by atoms with Crippen molar-refractivity contribution in [3.63, 3.8) is 0 Å². The van der Waals surface area contributed by atoms with E-state index in [1.165, 1.54) is 14.7 Å². The second-order valence-corrected chi connectivity index (χ2v) is 13.2. The lowest BCUT2D eigenvalue weighted by molar-refractivity contribution is -0.0389. The smallest absolute Gasteiger partial charge is 0.332 e. The molecule has 0 unspecified atom stereocenters. The van der Waals surface area contributed by atoms with Crippen LogP contribution in [0.2, 0.25) is 0 Å². The predicted octanol–water partition coefficient (Wildman–Crippen LogP) is 3.55. The Bertz CT molecular complexity index is 1860. The molecule has 0 saturated carbocycles. The highest BCUT2D eigenvalue weighted by Gasteiger charge is 2.26. The number of hydrogen-bond acceptors (Lipinski definition) is 7. The molecule has 1 fully saturated rings. The minimum Gasteiger partial charge on any atom is -0.374 e. The minimum atomic E-state index is -0.298. The number of morpholine rings is 1. The Hall–Kier alpha value is -3.51. The van der Waals surface area contributed by atoms with Gasteiger partial charge in [0.15, 0.2) is 5.65 Å². The Balaban J connectivity index is 1.47. The summed E-state index contributed by atoms with van der Waals surface area (Å²) in [4.78, 5) is 32.8. The minimum absolute atomic E-state index is 0.107. The fourth-order valence-electron chi connectivity index (χ4n) is 6.16. The molecule has 5 heterocycles. The summed E-state index contributed by atoms with van der Waals surface area (Å²) in [6.07, 6.45) is 2.08. The molecule has 6 rings (SSSR count). The number of thiophene rings is 1. The van der Waals surface area contributed by atoms with Gasteiger partial charge in [-0.15, -0.1) is 11.3 Å². The number of rotatable bonds is 10. The van der Waals surface area contributed by atoms with Crippen LogP contribution < -0.4 is 11.2 Å². The summed E-state index contributed by atoms with van der Waals surface area (Å²) in [5.74, 6) is 0.197. The van der Waals surface area contributed by atoms with Crippen LogP contribution in [-0.2, 0) is 31.4 Å². The second kappa shape index (κ2) is 12.2. The van der Waals surface area contributed by atoms with Crippen LogP contribution in [0, 0.1) is 5.92 Å². The molecule has 228 valence electrons. The Morgan fingerprint density at radius 3 is 2.65 bits per heavy atom. The van der Waals surface area contributed by atoms with Gasteiger partial charge >= 0.3 is 5.69 Å². The highest BCUT2D eigenvalue weighted by molar-refractivity contribution is 7.17. The van der Waals surface area contributed by atoms with Gasteiger partial charge in [0.2, 0.25) is 0 Å². The van der Waals surface area contributed by atoms with E-state index >= 15 is 0 Å². The zero-order valence-electron chi connectivity index (χ0n) is 25.7. The van der Waals surface area contributed by atoms with E-state index in [4.69, 9.17) is 9.84 Å². The molecule has 0 aliphatic carbocycles. The third-order valence-electron chi connectivity index (χ3n) is 8.16. The van der Waals surface area contributed by atoms with Crippen LogP contribution in [-0.4, -0.2) is 86.3 Å². The van der Waals surface area contributed by atoms with Gasteiger partial charge in [0.1, 0.15) is 11.1 Å². The lowest BCUT2D eigenvalue weighted by atomic mass is 10.1. The predicted molar refractivity (Wildman–Crippen MR) is 173 cm³/mol. The van der Waals surface area contributed by atoms with Crippen molar-refractivity contribution in [1.29, 1.82) is 0 Å². The van der Waals surface area contributed by atoms with Crippen LogP contribution in [0.25, 0.3) is 32.5 Å². The lowest BCUT2D eigenvalue weighted by Crippen LogP contribution is -2.49. The van der Waals surface area contributed by atoms with Gasteiger partial charge in [0, 0.05) is 57.2 Å². The fourth-order valence-corrected chi connectivity index (χ4v) is 7.12. The normalized spacial score (nSPS) is 16.4. The van der Waals surface area contributed by atoms with Crippen molar-refractivity contribution in [3.05, 3.63) is 74.4 Å². The van der Waals surface area contributed by atoms with Crippen LogP contribution in [0.15, 0.2) is 57.6 Å². The van der Waals surface area contributed by atoms with Crippen molar-refractivity contribution in [1.82, 2.24) is 33.3 Å². The second-order valence-electron chi connectivity index (χ2n) is 12.3. The van der Waals surface area contributed by atoms with Crippen LogP contribution >= 0.6 is 11.3 Å². The van der Waals surface area contributed by atoms with Crippen molar-refractivity contribution in [2.24, 2.45) is 13.0 Å². The van der Waals surface area contributed by atoms with Gasteiger partial charge in [-0.05, 0) is 54.5 Å². The number of aryl methyl sites for hydroxylation is 1. The van der Waals surface area contributed by atoms with Crippen molar-refractivity contribution >= 4 is 32.5 Å². The number of nitrogens with zero attached hydrogens (tertiary/aromatic N) is 7. The molecule has 0 spiro atoms. The van der Waals surface area contributed by atoms with Crippen LogP contribution in [0.4, 0.5) is 0 Å². The maximum Gasteiger partial charge on any atom is 0.332 e. The summed E-state index contributed by atoms with van der Waals surface area (Å²) in [6, 6.07) is 12.3. The third-order valence-corrected chi connectivity index (χ3v) is 9.17. The molecule has 1 aromatic carbocycles. The fraction of sp³-hybridized carbons (Fsp3) is 0.469. The molecule has 4 aromatic heterocycles. The van der Waals surface area contributed by atoms with E-state index in [-0.39, 0.29) is 23.3 Å². The van der Waals surface area contributed by atoms with Gasteiger partial charge in [0.05, 0.1) is 24.9 Å². The third kappa shape index (κ3) is 5.86. The maximum atomic E-state index is 14.4. The van der Waals surface area contributed by atoms with Gasteiger partial charge < -0.3 is 14.2 Å². The Morgan fingerprint density at radius 1 is 1.09 bits per heavy atom. The SMILES string of the molecule is CC(C)Cn1c(=O)n(CCN2CCO[C@H](CN(C)C)C2)c(=O)c2c(-c3cccn3C)n(Cc3csc4ccccc34)nc21. The molecule has 1 aliphatic rings. The Kier molecular flexibility index (Phi) is 8.41. The molecule has 43 heavy (non-hydrogen) atoms. The molecule has 5 aromatic rings. The largest absolute Gasteiger partial charge is 0.374 e. The zero-order valence-corrected chi connectivity index (χ0v) is 26.5. The first kappa shape index (κ1) is 29.6. The molecule has 1 aliphatic heterocycles. The molecule has 1 saturated heterocycles. The topological polar surface area (TPSA) is 82.5 Å². The molecular weight excluding hydrogens is 562 g/mol. The van der Waals surface area contributed by atoms with E-state index in [0.717, 1.165) is 36.6 Å². The summed E-state index contributed by atoms with van der Waals surface area (Å²) in [5, 5.41) is 8.86. The maximum absolute atomic E-state index is 14.4. The van der Waals surface area contributed by atoms with E-state index in [1.54, 1.807) is 15.9 Å². The Morgan fingerprint density at radius 2 is 1.91 bits per heavy atom. The zero-order chi connectivity index (χ0) is 30.2. The standard InChI is InChI=1S/C32H41N7O3S/c1-22(2)17-38-30-28(31(40)37(32(38)41)14-13-36-15-16-42-24(20-36)19-34(3)4)29(26-10-8-12-35(26)5)39(33-30)18-23-21-43-27-11-7-6-9-25(23)27/h6-12,21-22,24H,13-20H2,1-5H3/t24-/m1/s1. The number of ether oxygens (including phenoxy) is 1. The van der Waals surface area contributed by atoms with Crippen molar-refractivity contribution in [2.75, 3.05) is 46.9 Å². The molecule has 0 amide bonds. The van der Waals surface area contributed by atoms with E-state index in [2.05, 4.69) is 41.2 Å². The number of likely N-dealkylation sites (N-methyl/N-ethyl adjacent to an activating group) is 1. The molecular formula is C32H41N7O3S. The van der Waals surface area contributed by atoms with E-state index in [9.17, 15) is 9.59 Å². The molecule has 10 nitrogen and oxygen atoms in total. The van der Waals surface area contributed by atoms with Crippen LogP contribution in [0.5, 0.6) is 0 Å². The summed E-state index contributed by atoms with van der Waals surface area (Å²) >= 11 is 1.71. The number of benzene rings is 1. The highest BCUT2D eigenvalue weighted by Crippen LogP contribution is 2.31. The lowest BCUT2D eigenvalue weighted by Gasteiger charge is -2.34. The first-order chi connectivity index (χ1) is 20.7. The molecule has 0 radical (unpaired) electrons.